The topological polar surface area (TPSA) is 65.5 Å². The molecule has 0 spiro atoms. The highest BCUT2D eigenvalue weighted by atomic mass is 32.1. The molecule has 2 amide bonds. The minimum Gasteiger partial charge on any atom is -0.323 e. The summed E-state index contributed by atoms with van der Waals surface area (Å²) in [6.45, 7) is 1.56. The second kappa shape index (κ2) is 6.32. The number of amides is 2. The molecule has 1 aromatic heterocycles. The number of thiazole rings is 1. The highest BCUT2D eigenvalue weighted by molar-refractivity contribution is 7.15. The Morgan fingerprint density at radius 3 is 2.79 bits per heavy atom. The fourth-order valence-corrected chi connectivity index (χ4v) is 4.10. The van der Waals surface area contributed by atoms with E-state index < -0.39 is 24.0 Å². The van der Waals surface area contributed by atoms with Gasteiger partial charge < -0.3 is 15.1 Å². The van der Waals surface area contributed by atoms with Crippen LogP contribution in [0, 0.1) is 0 Å². The second-order valence-corrected chi connectivity index (χ2v) is 7.10. The fraction of sp³-hybridized carbons (Fsp3) is 0.643. The van der Waals surface area contributed by atoms with Gasteiger partial charge in [-0.2, -0.15) is 13.2 Å². The molecule has 6 nitrogen and oxygen atoms in total. The van der Waals surface area contributed by atoms with Crippen LogP contribution in [0.25, 0.3) is 0 Å². The number of carbonyl (C=O) groups is 2. The first-order valence-corrected chi connectivity index (χ1v) is 8.43. The molecule has 1 N–H and O–H groups in total. The summed E-state index contributed by atoms with van der Waals surface area (Å²) < 4.78 is 37.9. The lowest BCUT2D eigenvalue weighted by Crippen LogP contribution is -2.48. The van der Waals surface area contributed by atoms with Crippen LogP contribution in [-0.2, 0) is 22.6 Å². The molecular weight excluding hydrogens is 345 g/mol. The lowest BCUT2D eigenvalue weighted by molar-refractivity contribution is -0.186. The van der Waals surface area contributed by atoms with E-state index in [-0.39, 0.29) is 13.0 Å². The minimum absolute atomic E-state index is 0.0599. The third-order valence-electron chi connectivity index (χ3n) is 4.21. The van der Waals surface area contributed by atoms with Crippen molar-refractivity contribution >= 4 is 28.3 Å². The second-order valence-electron chi connectivity index (χ2n) is 6.02. The zero-order valence-corrected chi connectivity index (χ0v) is 13.8. The summed E-state index contributed by atoms with van der Waals surface area (Å²) in [7, 11) is 1.99. The molecule has 1 unspecified atom stereocenters. The first kappa shape index (κ1) is 17.2. The summed E-state index contributed by atoms with van der Waals surface area (Å²) in [5.74, 6) is -2.57. The van der Waals surface area contributed by atoms with Gasteiger partial charge in [0.1, 0.15) is 6.04 Å². The van der Waals surface area contributed by atoms with E-state index in [1.807, 2.05) is 7.05 Å². The van der Waals surface area contributed by atoms with Gasteiger partial charge in [0.25, 0.3) is 0 Å². The third kappa shape index (κ3) is 3.39. The van der Waals surface area contributed by atoms with Crippen LogP contribution in [0.5, 0.6) is 0 Å². The Labute approximate surface area is 140 Å². The van der Waals surface area contributed by atoms with Gasteiger partial charge in [0, 0.05) is 30.9 Å². The molecule has 3 rings (SSSR count). The number of hydrogen-bond acceptors (Lipinski definition) is 5. The van der Waals surface area contributed by atoms with Crippen molar-refractivity contribution in [2.24, 2.45) is 0 Å². The Balaban J connectivity index is 1.69. The normalized spacial score (nSPS) is 21.7. The molecule has 1 fully saturated rings. The van der Waals surface area contributed by atoms with E-state index in [1.165, 1.54) is 11.3 Å². The first-order chi connectivity index (χ1) is 11.3. The maximum absolute atomic E-state index is 12.6. The molecular formula is C14H17F3N4O2S. The van der Waals surface area contributed by atoms with Gasteiger partial charge in [0.15, 0.2) is 5.13 Å². The van der Waals surface area contributed by atoms with Gasteiger partial charge >= 0.3 is 12.1 Å². The van der Waals surface area contributed by atoms with Crippen molar-refractivity contribution in [1.29, 1.82) is 0 Å². The largest absolute Gasteiger partial charge is 0.471 e. The molecule has 132 valence electrons. The summed E-state index contributed by atoms with van der Waals surface area (Å²) in [6, 6.07) is -1.09. The molecule has 0 aromatic carbocycles. The Hall–Kier alpha value is -1.68. The highest BCUT2D eigenvalue weighted by Crippen LogP contribution is 2.30. The number of fused-ring (bicyclic) bond motifs is 1. The van der Waals surface area contributed by atoms with Crippen LogP contribution in [0.1, 0.15) is 23.4 Å². The number of alkyl halides is 3. The number of aromatic nitrogens is 1. The van der Waals surface area contributed by atoms with Crippen LogP contribution in [0.3, 0.4) is 0 Å². The van der Waals surface area contributed by atoms with E-state index in [4.69, 9.17) is 0 Å². The molecule has 0 bridgehead atoms. The standard InChI is InChI=1S/C14H17F3N4O2S/c1-20-6-4-8-10(7-20)24-13(18-8)19-11(22)9-3-2-5-21(9)12(23)14(15,16)17/h9H,2-7H2,1H3,(H,18,19,22). The van der Waals surface area contributed by atoms with Crippen LogP contribution < -0.4 is 5.32 Å². The van der Waals surface area contributed by atoms with E-state index >= 15 is 0 Å². The van der Waals surface area contributed by atoms with Gasteiger partial charge in [0.2, 0.25) is 5.91 Å². The predicted octanol–water partition coefficient (Wildman–Crippen LogP) is 1.62. The van der Waals surface area contributed by atoms with E-state index in [0.717, 1.165) is 30.1 Å². The first-order valence-electron chi connectivity index (χ1n) is 7.61. The van der Waals surface area contributed by atoms with E-state index in [9.17, 15) is 22.8 Å². The molecule has 3 heterocycles. The molecule has 24 heavy (non-hydrogen) atoms. The number of halogens is 3. The third-order valence-corrected chi connectivity index (χ3v) is 5.21. The SMILES string of the molecule is CN1CCc2nc(NC(=O)C3CCCN3C(=O)C(F)(F)F)sc2C1. The molecule has 0 radical (unpaired) electrons. The average Bonchev–Trinajstić information content (AvgIpc) is 3.10. The number of hydrogen-bond donors (Lipinski definition) is 1. The Bertz CT molecular complexity index is 661. The van der Waals surface area contributed by atoms with Crippen molar-refractivity contribution in [3.63, 3.8) is 0 Å². The monoisotopic (exact) mass is 362 g/mol. The maximum atomic E-state index is 12.6. The molecule has 2 aliphatic rings. The summed E-state index contributed by atoms with van der Waals surface area (Å²) >= 11 is 1.33. The summed E-state index contributed by atoms with van der Waals surface area (Å²) in [4.78, 5) is 31.9. The van der Waals surface area contributed by atoms with E-state index in [0.29, 0.717) is 16.5 Å². The Morgan fingerprint density at radius 1 is 1.33 bits per heavy atom. The van der Waals surface area contributed by atoms with E-state index in [2.05, 4.69) is 15.2 Å². The molecule has 1 aromatic rings. The maximum Gasteiger partial charge on any atom is 0.471 e. The predicted molar refractivity (Wildman–Crippen MR) is 81.6 cm³/mol. The van der Waals surface area contributed by atoms with Gasteiger partial charge in [-0.25, -0.2) is 4.98 Å². The Morgan fingerprint density at radius 2 is 2.08 bits per heavy atom. The van der Waals surface area contributed by atoms with Crippen LogP contribution in [-0.4, -0.2) is 59.0 Å². The smallest absolute Gasteiger partial charge is 0.323 e. The summed E-state index contributed by atoms with van der Waals surface area (Å²) in [5.41, 5.74) is 0.919. The fourth-order valence-electron chi connectivity index (χ4n) is 3.01. The van der Waals surface area contributed by atoms with Gasteiger partial charge in [-0.15, -0.1) is 11.3 Å². The molecule has 2 aliphatic heterocycles. The number of nitrogens with one attached hydrogen (secondary N) is 1. The van der Waals surface area contributed by atoms with Crippen molar-refractivity contribution in [2.75, 3.05) is 25.5 Å². The van der Waals surface area contributed by atoms with Crippen LogP contribution in [0.4, 0.5) is 18.3 Å². The zero-order valence-electron chi connectivity index (χ0n) is 13.0. The molecule has 1 saturated heterocycles. The number of likely N-dealkylation sites (tertiary alicyclic amines) is 1. The molecule has 0 saturated carbocycles. The minimum atomic E-state index is -4.96. The number of anilines is 1. The summed E-state index contributed by atoms with van der Waals surface area (Å²) in [5, 5.41) is 2.96. The quantitative estimate of drug-likeness (QED) is 0.868. The van der Waals surface area contributed by atoms with Gasteiger partial charge in [-0.3, -0.25) is 9.59 Å². The lowest BCUT2D eigenvalue weighted by Gasteiger charge is -2.24. The number of rotatable bonds is 2. The molecule has 10 heteroatoms. The number of likely N-dealkylation sites (N-methyl/N-ethyl adjacent to an activating group) is 1. The molecule has 1 atom stereocenters. The average molecular weight is 362 g/mol. The van der Waals surface area contributed by atoms with Crippen molar-refractivity contribution in [3.05, 3.63) is 10.6 Å². The Kier molecular flexibility index (Phi) is 4.52. The van der Waals surface area contributed by atoms with Crippen LogP contribution >= 0.6 is 11.3 Å². The van der Waals surface area contributed by atoms with Gasteiger partial charge in [-0.05, 0) is 19.9 Å². The van der Waals surface area contributed by atoms with Crippen molar-refractivity contribution in [1.82, 2.24) is 14.8 Å². The highest BCUT2D eigenvalue weighted by Gasteiger charge is 2.47. The zero-order chi connectivity index (χ0) is 17.5. The molecule has 0 aliphatic carbocycles. The van der Waals surface area contributed by atoms with Gasteiger partial charge in [0.05, 0.1) is 5.69 Å². The lowest BCUT2D eigenvalue weighted by atomic mass is 10.2. The van der Waals surface area contributed by atoms with Crippen molar-refractivity contribution in [2.45, 2.75) is 38.0 Å². The van der Waals surface area contributed by atoms with Crippen LogP contribution in [0.2, 0.25) is 0 Å². The number of carbonyl (C=O) groups excluding carboxylic acids is 2. The number of nitrogens with zero attached hydrogens (tertiary/aromatic N) is 3. The summed E-state index contributed by atoms with van der Waals surface area (Å²) in [6.07, 6.45) is -3.59. The van der Waals surface area contributed by atoms with E-state index in [1.54, 1.807) is 0 Å². The van der Waals surface area contributed by atoms with Crippen LogP contribution in [0.15, 0.2) is 0 Å². The van der Waals surface area contributed by atoms with Gasteiger partial charge in [-0.1, -0.05) is 0 Å². The van der Waals surface area contributed by atoms with Crippen molar-refractivity contribution < 1.29 is 22.8 Å². The van der Waals surface area contributed by atoms with Crippen molar-refractivity contribution in [3.8, 4) is 0 Å².